The van der Waals surface area contributed by atoms with Gasteiger partial charge in [0.05, 0.1) is 5.52 Å². The van der Waals surface area contributed by atoms with Crippen molar-refractivity contribution in [2.24, 2.45) is 0 Å². The number of nitrogens with zero attached hydrogens (tertiary/aromatic N) is 2. The standard InChI is InChI=1S/C18H20N2O4S/c1-12-10-18(13(2)24-12)25(21,22)20-7-6-14-15-11-19(3)8-9-23-17(15)5-4-16(14)20/h4-7,10H,8-9,11H2,1-3H3. The molecule has 0 atom stereocenters. The highest BCUT2D eigenvalue weighted by molar-refractivity contribution is 7.90. The second kappa shape index (κ2) is 5.64. The maximum Gasteiger partial charge on any atom is 0.271 e. The van der Waals surface area contributed by atoms with Gasteiger partial charge < -0.3 is 9.15 Å². The van der Waals surface area contributed by atoms with Crippen molar-refractivity contribution >= 4 is 20.9 Å². The number of likely N-dealkylation sites (N-methyl/N-ethyl adjacent to an activating group) is 1. The SMILES string of the molecule is Cc1cc(S(=O)(=O)n2ccc3c4c(ccc32)OCCN(C)C4)c(C)o1. The Kier molecular flexibility index (Phi) is 3.66. The van der Waals surface area contributed by atoms with Crippen molar-refractivity contribution < 1.29 is 17.6 Å². The molecule has 4 rings (SSSR count). The summed E-state index contributed by atoms with van der Waals surface area (Å²) in [4.78, 5) is 2.37. The topological polar surface area (TPSA) is 64.7 Å². The lowest BCUT2D eigenvalue weighted by Crippen LogP contribution is -2.20. The van der Waals surface area contributed by atoms with Crippen molar-refractivity contribution in [2.45, 2.75) is 25.3 Å². The van der Waals surface area contributed by atoms with E-state index in [-0.39, 0.29) is 4.90 Å². The molecule has 3 heterocycles. The van der Waals surface area contributed by atoms with Gasteiger partial charge >= 0.3 is 0 Å². The number of aromatic nitrogens is 1. The second-order valence-electron chi connectivity index (χ2n) is 6.46. The fraction of sp³-hybridized carbons (Fsp3) is 0.333. The van der Waals surface area contributed by atoms with Gasteiger partial charge in [-0.1, -0.05) is 0 Å². The van der Waals surface area contributed by atoms with Crippen LogP contribution in [0.15, 0.2) is 39.8 Å². The Hall–Kier alpha value is -2.25. The minimum Gasteiger partial charge on any atom is -0.492 e. The molecule has 25 heavy (non-hydrogen) atoms. The third kappa shape index (κ3) is 2.54. The molecule has 3 aromatic rings. The van der Waals surface area contributed by atoms with Crippen LogP contribution in [0.2, 0.25) is 0 Å². The predicted octanol–water partition coefficient (Wildman–Crippen LogP) is 2.91. The highest BCUT2D eigenvalue weighted by Crippen LogP contribution is 2.33. The van der Waals surface area contributed by atoms with E-state index in [1.807, 2.05) is 19.2 Å². The highest BCUT2D eigenvalue weighted by atomic mass is 32.2. The third-order valence-corrected chi connectivity index (χ3v) is 6.39. The van der Waals surface area contributed by atoms with E-state index in [4.69, 9.17) is 9.15 Å². The third-order valence-electron chi connectivity index (χ3n) is 4.60. The summed E-state index contributed by atoms with van der Waals surface area (Å²) in [6, 6.07) is 7.07. The van der Waals surface area contributed by atoms with E-state index in [2.05, 4.69) is 4.90 Å². The largest absolute Gasteiger partial charge is 0.492 e. The van der Waals surface area contributed by atoms with Gasteiger partial charge in [0.1, 0.15) is 28.8 Å². The molecule has 0 unspecified atom stereocenters. The smallest absolute Gasteiger partial charge is 0.271 e. The first kappa shape index (κ1) is 16.2. The Labute approximate surface area is 146 Å². The molecule has 0 spiro atoms. The minimum atomic E-state index is -3.71. The normalized spacial score (nSPS) is 15.8. The number of rotatable bonds is 2. The Morgan fingerprint density at radius 1 is 1.16 bits per heavy atom. The van der Waals surface area contributed by atoms with Crippen molar-refractivity contribution in [2.75, 3.05) is 20.2 Å². The van der Waals surface area contributed by atoms with E-state index < -0.39 is 10.0 Å². The number of furan rings is 1. The van der Waals surface area contributed by atoms with Gasteiger partial charge in [-0.15, -0.1) is 0 Å². The van der Waals surface area contributed by atoms with Crippen LogP contribution in [-0.4, -0.2) is 37.5 Å². The van der Waals surface area contributed by atoms with E-state index in [0.717, 1.165) is 29.8 Å². The van der Waals surface area contributed by atoms with Gasteiger partial charge in [-0.3, -0.25) is 4.90 Å². The minimum absolute atomic E-state index is 0.200. The lowest BCUT2D eigenvalue weighted by atomic mass is 10.1. The summed E-state index contributed by atoms with van der Waals surface area (Å²) in [5.74, 6) is 1.80. The molecule has 0 N–H and O–H groups in total. The lowest BCUT2D eigenvalue weighted by Gasteiger charge is -2.13. The Bertz CT molecular complexity index is 1060. The summed E-state index contributed by atoms with van der Waals surface area (Å²) in [5.41, 5.74) is 1.67. The number of fused-ring (bicyclic) bond motifs is 3. The molecule has 0 amide bonds. The zero-order chi connectivity index (χ0) is 17.8. The monoisotopic (exact) mass is 360 g/mol. The van der Waals surface area contributed by atoms with Gasteiger partial charge in [-0.25, -0.2) is 12.4 Å². The highest BCUT2D eigenvalue weighted by Gasteiger charge is 2.25. The fourth-order valence-corrected chi connectivity index (χ4v) is 4.94. The number of aryl methyl sites for hydroxylation is 2. The molecular formula is C18H20N2O4S. The molecule has 0 bridgehead atoms. The zero-order valence-corrected chi connectivity index (χ0v) is 15.3. The molecule has 7 heteroatoms. The van der Waals surface area contributed by atoms with Crippen LogP contribution in [0.3, 0.4) is 0 Å². The van der Waals surface area contributed by atoms with Crippen LogP contribution in [0.1, 0.15) is 17.1 Å². The number of hydrogen-bond acceptors (Lipinski definition) is 5. The van der Waals surface area contributed by atoms with Crippen molar-refractivity contribution in [3.8, 4) is 5.75 Å². The Balaban J connectivity index is 1.92. The summed E-state index contributed by atoms with van der Waals surface area (Å²) in [6.07, 6.45) is 1.60. The van der Waals surface area contributed by atoms with Gasteiger partial charge in [0.2, 0.25) is 0 Å². The van der Waals surface area contributed by atoms with Gasteiger partial charge in [0, 0.05) is 36.3 Å². The summed E-state index contributed by atoms with van der Waals surface area (Å²) in [7, 11) is -1.68. The molecule has 0 fully saturated rings. The van der Waals surface area contributed by atoms with Crippen molar-refractivity contribution in [1.29, 1.82) is 0 Å². The van der Waals surface area contributed by atoms with Crippen LogP contribution in [0.4, 0.5) is 0 Å². The van der Waals surface area contributed by atoms with Crippen molar-refractivity contribution in [3.05, 3.63) is 47.5 Å². The van der Waals surface area contributed by atoms with Gasteiger partial charge in [0.25, 0.3) is 10.0 Å². The van der Waals surface area contributed by atoms with Crippen molar-refractivity contribution in [1.82, 2.24) is 8.87 Å². The first-order valence-corrected chi connectivity index (χ1v) is 9.59. The summed E-state index contributed by atoms with van der Waals surface area (Å²) < 4.78 is 38.8. The Morgan fingerprint density at radius 3 is 2.68 bits per heavy atom. The maximum atomic E-state index is 13.1. The average molecular weight is 360 g/mol. The molecule has 6 nitrogen and oxygen atoms in total. The predicted molar refractivity (Wildman–Crippen MR) is 94.5 cm³/mol. The molecule has 2 aromatic heterocycles. The summed E-state index contributed by atoms with van der Waals surface area (Å²) >= 11 is 0. The van der Waals surface area contributed by atoms with E-state index in [1.54, 1.807) is 32.2 Å². The van der Waals surface area contributed by atoms with E-state index in [0.29, 0.717) is 23.6 Å². The van der Waals surface area contributed by atoms with E-state index in [1.165, 1.54) is 3.97 Å². The molecule has 0 aliphatic carbocycles. The van der Waals surface area contributed by atoms with Crippen LogP contribution in [-0.2, 0) is 16.6 Å². The maximum absolute atomic E-state index is 13.1. The van der Waals surface area contributed by atoms with Crippen molar-refractivity contribution in [3.63, 3.8) is 0 Å². The summed E-state index contributed by atoms with van der Waals surface area (Å²) in [5, 5.41) is 0.896. The molecule has 1 aromatic carbocycles. The fourth-order valence-electron chi connectivity index (χ4n) is 3.37. The van der Waals surface area contributed by atoms with Crippen LogP contribution < -0.4 is 4.74 Å². The van der Waals surface area contributed by atoms with Crippen LogP contribution in [0.5, 0.6) is 5.75 Å². The molecular weight excluding hydrogens is 340 g/mol. The molecule has 1 aliphatic heterocycles. The number of hydrogen-bond donors (Lipinski definition) is 0. The quantitative estimate of drug-likeness (QED) is 0.703. The average Bonchev–Trinajstić information content (AvgIpc) is 3.07. The summed E-state index contributed by atoms with van der Waals surface area (Å²) in [6.45, 7) is 5.60. The number of ether oxygens (including phenoxy) is 1. The molecule has 0 saturated carbocycles. The first-order valence-electron chi connectivity index (χ1n) is 8.15. The molecule has 0 radical (unpaired) electrons. The first-order chi connectivity index (χ1) is 11.9. The van der Waals surface area contributed by atoms with Crippen LogP contribution in [0.25, 0.3) is 10.9 Å². The van der Waals surface area contributed by atoms with Crippen LogP contribution in [0, 0.1) is 13.8 Å². The van der Waals surface area contributed by atoms with E-state index in [9.17, 15) is 8.42 Å². The zero-order valence-electron chi connectivity index (χ0n) is 14.4. The van der Waals surface area contributed by atoms with Gasteiger partial charge in [0.15, 0.2) is 0 Å². The number of benzene rings is 1. The van der Waals surface area contributed by atoms with E-state index >= 15 is 0 Å². The molecule has 0 saturated heterocycles. The lowest BCUT2D eigenvalue weighted by molar-refractivity contribution is 0.259. The van der Waals surface area contributed by atoms with Gasteiger partial charge in [-0.05, 0) is 39.1 Å². The van der Waals surface area contributed by atoms with Gasteiger partial charge in [-0.2, -0.15) is 0 Å². The second-order valence-corrected chi connectivity index (χ2v) is 8.24. The molecule has 1 aliphatic rings. The molecule has 132 valence electrons. The Morgan fingerprint density at radius 2 is 1.96 bits per heavy atom. The van der Waals surface area contributed by atoms with Crippen LogP contribution >= 0.6 is 0 Å².